The van der Waals surface area contributed by atoms with Gasteiger partial charge in [-0.1, -0.05) is 79.0 Å². The second-order valence-electron chi connectivity index (χ2n) is 29.1. The Labute approximate surface area is 515 Å². The SMILES string of the molecule is C=C(C(=O)OCC)[C@@H](Nc1cc(C)cc(OC)c1)c1ccc(C)c(O[Si](C)(C)C(C)(C)C)c1.C=C1C(=O)N(c2cc(C)cc(OC)c2)[C@H]1c1ccc(C)c(O[Si](C)(C)C(C)(C)C)c1.C[Si](C)(C)[N]([Sn][N]([Si](C)(C)C)[Si](C)(C)C)[Si](C)(C)C. The Balaban J connectivity index is 0.000000335. The summed E-state index contributed by atoms with van der Waals surface area (Å²) in [6.45, 7) is 71.3. The molecule has 0 spiro atoms. The van der Waals surface area contributed by atoms with Gasteiger partial charge in [-0.05, 0) is 141 Å². The monoisotopic (exact) mass is 1330 g/mol. The van der Waals surface area contributed by atoms with Gasteiger partial charge in [-0.2, -0.15) is 0 Å². The molecule has 1 aliphatic heterocycles. The van der Waals surface area contributed by atoms with E-state index in [1.165, 1.54) is 0 Å². The Bertz CT molecular complexity index is 2830. The first-order chi connectivity index (χ1) is 37.1. The third-order valence-corrected chi connectivity index (χ3v) is 64.3. The number of ether oxygens (including phenoxy) is 3. The van der Waals surface area contributed by atoms with Crippen molar-refractivity contribution in [1.82, 2.24) is 4.91 Å². The molecule has 4 aromatic rings. The van der Waals surface area contributed by atoms with Gasteiger partial charge >= 0.3 is 144 Å². The predicted octanol–water partition coefficient (Wildman–Crippen LogP) is 17.8. The molecule has 1 N–H and O–H groups in total. The molecule has 5 rings (SSSR count). The molecule has 82 heavy (non-hydrogen) atoms. The molecule has 18 heteroatoms. The predicted molar refractivity (Wildman–Crippen MR) is 368 cm³/mol. The number of aryl methyl sites for hydroxylation is 4. The Morgan fingerprint density at radius 1 is 0.634 bits per heavy atom. The van der Waals surface area contributed by atoms with Gasteiger partial charge in [0.2, 0.25) is 16.6 Å². The quantitative estimate of drug-likeness (QED) is 0.0398. The third kappa shape index (κ3) is 19.4. The number of nitrogens with zero attached hydrogens (tertiary/aromatic N) is 3. The maximum absolute atomic E-state index is 12.7. The summed E-state index contributed by atoms with van der Waals surface area (Å²) in [5.41, 5.74) is 8.72. The summed E-state index contributed by atoms with van der Waals surface area (Å²) in [4.78, 5) is 27.2. The summed E-state index contributed by atoms with van der Waals surface area (Å²) < 4.78 is 35.5. The van der Waals surface area contributed by atoms with Crippen LogP contribution in [0.3, 0.4) is 0 Å². The van der Waals surface area contributed by atoms with Crippen molar-refractivity contribution in [3.8, 4) is 23.0 Å². The number of hydrogen-bond acceptors (Lipinski definition) is 10. The van der Waals surface area contributed by atoms with Crippen LogP contribution in [0.5, 0.6) is 23.0 Å². The van der Waals surface area contributed by atoms with Crippen molar-refractivity contribution < 1.29 is 32.7 Å². The Hall–Kier alpha value is -3.68. The summed E-state index contributed by atoms with van der Waals surface area (Å²) >= 11 is -0.599. The number of anilines is 2. The number of nitrogens with one attached hydrogen (secondary N) is 1. The van der Waals surface area contributed by atoms with E-state index in [1.807, 2.05) is 75.4 Å². The number of amides is 1. The summed E-state index contributed by atoms with van der Waals surface area (Å²) in [6, 6.07) is 23.3. The molecule has 11 nitrogen and oxygen atoms in total. The fourth-order valence-corrected chi connectivity index (χ4v) is 44.9. The van der Waals surface area contributed by atoms with Crippen LogP contribution in [-0.4, -0.2) is 109 Å². The van der Waals surface area contributed by atoms with Gasteiger partial charge in [0.15, 0.2) is 0 Å². The van der Waals surface area contributed by atoms with E-state index in [0.29, 0.717) is 11.1 Å². The molecule has 2 atom stereocenters. The van der Waals surface area contributed by atoms with Crippen LogP contribution in [0.25, 0.3) is 0 Å². The summed E-state index contributed by atoms with van der Waals surface area (Å²) in [6.07, 6.45) is 0. The van der Waals surface area contributed by atoms with Gasteiger partial charge in [0.1, 0.15) is 23.0 Å². The number of hydrogen-bond donors (Lipinski definition) is 1. The van der Waals surface area contributed by atoms with Gasteiger partial charge in [0.05, 0.1) is 38.5 Å². The van der Waals surface area contributed by atoms with Gasteiger partial charge in [0.25, 0.3) is 5.91 Å². The van der Waals surface area contributed by atoms with Crippen LogP contribution in [0.15, 0.2) is 97.1 Å². The molecule has 0 unspecified atom stereocenters. The maximum atomic E-state index is 12.7. The standard InChI is InChI=1S/C27H39NO4Si.C25H33NO3Si.2C6H18NSi2.Sn/c1-11-31-26(29)20(4)25(28-22-14-18(2)15-23(17-22)30-8)21-13-12-19(3)24(16-21)32-33(9,10)27(5,6)7;1-16-12-20(15-21(13-16)28-7)26-23(18(3)24(26)27)19-11-10-17(2)22(14-19)29-30(8,9)25(4,5)6;2*1-8(2,3)7-9(4,5)6;/h12-17,25,28H,4,11H2,1-3,5-10H3;10-15,23H,3H2,1-2,4-9H3;2*1-6H3;/q;;2*-1;+2/t25-;23-;;;/m11.../s1. The van der Waals surface area contributed by atoms with E-state index in [0.717, 1.165) is 67.8 Å². The Kier molecular flexibility index (Phi) is 24.6. The first-order valence-electron chi connectivity index (χ1n) is 29.0. The number of esters is 1. The van der Waals surface area contributed by atoms with Crippen LogP contribution in [0, 0.1) is 27.7 Å². The minimum atomic E-state index is -2.04. The van der Waals surface area contributed by atoms with E-state index < -0.39 is 83.3 Å². The molecule has 454 valence electrons. The van der Waals surface area contributed by atoms with E-state index in [9.17, 15) is 9.59 Å². The fraction of sp³-hybridized carbons (Fsp3) is 0.531. The summed E-state index contributed by atoms with van der Waals surface area (Å²) in [5.74, 6) is 2.73. The molecule has 0 saturated carbocycles. The van der Waals surface area contributed by atoms with Gasteiger partial charge < -0.3 is 28.4 Å². The molecule has 1 amide bonds. The summed E-state index contributed by atoms with van der Waals surface area (Å²) in [7, 11) is -5.42. The molecular formula is C64H108N4O7Si6Sn. The zero-order valence-electron chi connectivity index (χ0n) is 56.4. The van der Waals surface area contributed by atoms with E-state index in [4.69, 9.17) is 23.1 Å². The van der Waals surface area contributed by atoms with Crippen molar-refractivity contribution in [3.05, 3.63) is 130 Å². The average molecular weight is 1330 g/mol. The van der Waals surface area contributed by atoms with Crippen LogP contribution in [-0.2, 0) is 14.3 Å². The summed E-state index contributed by atoms with van der Waals surface area (Å²) in [5, 5.41) is 3.64. The molecule has 1 aliphatic rings. The van der Waals surface area contributed by atoms with Gasteiger partial charge in [0, 0.05) is 29.1 Å². The normalized spacial score (nSPS) is 14.9. The van der Waals surface area contributed by atoms with Gasteiger partial charge in [-0.15, -0.1) is 0 Å². The molecule has 1 heterocycles. The number of benzene rings is 4. The Morgan fingerprint density at radius 2 is 1.06 bits per heavy atom. The van der Waals surface area contributed by atoms with Gasteiger partial charge in [-0.25, -0.2) is 4.79 Å². The number of methoxy groups -OCH3 is 2. The number of rotatable bonds is 20. The van der Waals surface area contributed by atoms with E-state index in [2.05, 4.69) is 195 Å². The van der Waals surface area contributed by atoms with Crippen molar-refractivity contribution in [3.63, 3.8) is 0 Å². The number of carbonyl (C=O) groups excluding carboxylic acids is 2. The van der Waals surface area contributed by atoms with Crippen molar-refractivity contribution in [2.75, 3.05) is 31.0 Å². The molecule has 1 fully saturated rings. The first-order valence-corrected chi connectivity index (χ1v) is 51.2. The zero-order chi connectivity index (χ0) is 63.3. The average Bonchev–Trinajstić information content (AvgIpc) is 2.75. The molecule has 0 aliphatic carbocycles. The van der Waals surface area contributed by atoms with Crippen molar-refractivity contribution in [2.24, 2.45) is 0 Å². The van der Waals surface area contributed by atoms with E-state index in [1.54, 1.807) is 26.0 Å². The first kappa shape index (κ1) is 72.6. The molecule has 0 bridgehead atoms. The second kappa shape index (κ2) is 27.8. The van der Waals surface area contributed by atoms with Crippen molar-refractivity contribution >= 4 is 94.5 Å². The van der Waals surface area contributed by atoms with Crippen LogP contribution >= 0.6 is 0 Å². The van der Waals surface area contributed by atoms with Gasteiger partial charge in [-0.3, -0.25) is 9.69 Å². The molecule has 1 saturated heterocycles. The van der Waals surface area contributed by atoms with E-state index in [-0.39, 0.29) is 28.6 Å². The molecule has 4 aromatic carbocycles. The molecule has 0 aromatic heterocycles. The number of carbonyl (C=O) groups is 2. The van der Waals surface area contributed by atoms with Crippen LogP contribution in [0.1, 0.15) is 93.9 Å². The van der Waals surface area contributed by atoms with Crippen LogP contribution < -0.4 is 28.5 Å². The van der Waals surface area contributed by atoms with Crippen LogP contribution in [0.4, 0.5) is 11.4 Å². The molecule has 2 radical (unpaired) electrons. The van der Waals surface area contributed by atoms with Crippen molar-refractivity contribution in [1.29, 1.82) is 0 Å². The van der Waals surface area contributed by atoms with E-state index >= 15 is 0 Å². The minimum absolute atomic E-state index is 0.0555. The van der Waals surface area contributed by atoms with Crippen LogP contribution in [0.2, 0.25) is 115 Å². The Morgan fingerprint density at radius 3 is 1.49 bits per heavy atom. The second-order valence-corrected chi connectivity index (χ2v) is 66.8. The zero-order valence-corrected chi connectivity index (χ0v) is 65.3. The number of β-lactam (4-membered cyclic amide) rings is 1. The topological polar surface area (TPSA) is 102 Å². The molecular weight excluding hydrogens is 1220 g/mol. The fourth-order valence-electron chi connectivity index (χ4n) is 9.28. The van der Waals surface area contributed by atoms with Crippen molar-refractivity contribution in [2.45, 2.75) is 203 Å². The third-order valence-electron chi connectivity index (χ3n) is 15.4.